The van der Waals surface area contributed by atoms with E-state index in [1.54, 1.807) is 0 Å². The van der Waals surface area contributed by atoms with Crippen LogP contribution in [0.3, 0.4) is 0 Å². The minimum Gasteiger partial charge on any atom is -0.449 e. The van der Waals surface area contributed by atoms with E-state index in [1.165, 1.54) is 12.8 Å². The third-order valence-electron chi connectivity index (χ3n) is 4.14. The predicted octanol–water partition coefficient (Wildman–Crippen LogP) is 4.04. The van der Waals surface area contributed by atoms with Gasteiger partial charge in [0.2, 0.25) is 5.79 Å². The van der Waals surface area contributed by atoms with Gasteiger partial charge in [0.1, 0.15) is 0 Å². The number of rotatable bonds is 3. The lowest BCUT2D eigenvalue weighted by Crippen LogP contribution is -2.37. The van der Waals surface area contributed by atoms with Crippen molar-refractivity contribution in [2.24, 2.45) is 11.8 Å². The van der Waals surface area contributed by atoms with Crippen LogP contribution in [0.2, 0.25) is 0 Å². The number of hydrogen-bond acceptors (Lipinski definition) is 3. The molecule has 1 aliphatic carbocycles. The van der Waals surface area contributed by atoms with Crippen LogP contribution in [0, 0.1) is 11.8 Å². The first-order valence-corrected chi connectivity index (χ1v) is 7.21. The first kappa shape index (κ1) is 12.6. The van der Waals surface area contributed by atoms with Crippen molar-refractivity contribution in [1.29, 1.82) is 0 Å². The van der Waals surface area contributed by atoms with Crippen LogP contribution in [-0.4, -0.2) is 11.8 Å². The van der Waals surface area contributed by atoms with Gasteiger partial charge in [-0.15, -0.1) is 0 Å². The Kier molecular flexibility index (Phi) is 2.88. The maximum atomic E-state index is 5.77. The highest BCUT2D eigenvalue weighted by atomic mass is 16.7. The van der Waals surface area contributed by atoms with Gasteiger partial charge in [0.15, 0.2) is 11.5 Å². The zero-order valence-corrected chi connectivity index (χ0v) is 12.2. The van der Waals surface area contributed by atoms with Crippen LogP contribution in [0.5, 0.6) is 11.5 Å². The average Bonchev–Trinajstić information content (AvgIpc) is 2.55. The van der Waals surface area contributed by atoms with E-state index in [0.29, 0.717) is 6.04 Å². The zero-order chi connectivity index (χ0) is 13.6. The van der Waals surface area contributed by atoms with E-state index in [2.05, 4.69) is 25.2 Å². The zero-order valence-electron chi connectivity index (χ0n) is 12.2. The highest BCUT2D eigenvalue weighted by molar-refractivity contribution is 5.56. The molecule has 19 heavy (non-hydrogen) atoms. The van der Waals surface area contributed by atoms with Crippen LogP contribution in [-0.2, 0) is 0 Å². The molecule has 0 bridgehead atoms. The van der Waals surface area contributed by atoms with Gasteiger partial charge in [-0.05, 0) is 36.8 Å². The van der Waals surface area contributed by atoms with Crippen LogP contribution < -0.4 is 14.8 Å². The predicted molar refractivity (Wildman–Crippen MR) is 76.7 cm³/mol. The average molecular weight is 261 g/mol. The van der Waals surface area contributed by atoms with Crippen molar-refractivity contribution in [3.05, 3.63) is 18.2 Å². The van der Waals surface area contributed by atoms with Gasteiger partial charge in [0.05, 0.1) is 0 Å². The first-order chi connectivity index (χ1) is 8.93. The molecule has 1 fully saturated rings. The molecule has 0 spiro atoms. The van der Waals surface area contributed by atoms with Crippen molar-refractivity contribution in [2.45, 2.75) is 52.4 Å². The molecular formula is C16H23NO2. The molecule has 0 saturated heterocycles. The van der Waals surface area contributed by atoms with Crippen molar-refractivity contribution in [1.82, 2.24) is 0 Å². The summed E-state index contributed by atoms with van der Waals surface area (Å²) in [6, 6.07) is 6.73. The standard InChI is InChI=1S/C16H23NO2/c1-10(2)11-7-13(8-11)17-12-5-6-14-15(9-12)19-16(3,4)18-14/h5-6,9-11,13,17H,7-8H2,1-4H3. The molecule has 3 rings (SSSR count). The summed E-state index contributed by atoms with van der Waals surface area (Å²) in [5, 5.41) is 3.58. The molecule has 1 saturated carbocycles. The largest absolute Gasteiger partial charge is 0.449 e. The maximum Gasteiger partial charge on any atom is 0.246 e. The number of anilines is 1. The summed E-state index contributed by atoms with van der Waals surface area (Å²) in [6.07, 6.45) is 2.55. The molecule has 0 amide bonds. The Labute approximate surface area is 115 Å². The Morgan fingerprint density at radius 2 is 1.84 bits per heavy atom. The summed E-state index contributed by atoms with van der Waals surface area (Å²) in [6.45, 7) is 8.48. The van der Waals surface area contributed by atoms with Crippen LogP contribution in [0.4, 0.5) is 5.69 Å². The van der Waals surface area contributed by atoms with Crippen LogP contribution in [0.15, 0.2) is 18.2 Å². The normalized spacial score (nSPS) is 27.2. The molecule has 0 atom stereocenters. The molecule has 1 aliphatic heterocycles. The quantitative estimate of drug-likeness (QED) is 0.890. The third kappa shape index (κ3) is 2.51. The van der Waals surface area contributed by atoms with E-state index in [-0.39, 0.29) is 0 Å². The maximum absolute atomic E-state index is 5.77. The van der Waals surface area contributed by atoms with Gasteiger partial charge in [-0.25, -0.2) is 0 Å². The molecule has 0 aromatic heterocycles. The Balaban J connectivity index is 1.62. The lowest BCUT2D eigenvalue weighted by atomic mass is 9.73. The summed E-state index contributed by atoms with van der Waals surface area (Å²) < 4.78 is 11.5. The van der Waals surface area contributed by atoms with Gasteiger partial charge in [-0.1, -0.05) is 13.8 Å². The third-order valence-corrected chi connectivity index (χ3v) is 4.14. The Bertz CT molecular complexity index is 476. The number of benzene rings is 1. The summed E-state index contributed by atoms with van der Waals surface area (Å²) in [7, 11) is 0. The SMILES string of the molecule is CC(C)C1CC(Nc2ccc3c(c2)OC(C)(C)O3)C1. The highest BCUT2D eigenvalue weighted by Crippen LogP contribution is 2.42. The Morgan fingerprint density at radius 3 is 2.53 bits per heavy atom. The van der Waals surface area contributed by atoms with Crippen molar-refractivity contribution in [3.8, 4) is 11.5 Å². The summed E-state index contributed by atoms with van der Waals surface area (Å²) in [5.41, 5.74) is 1.13. The summed E-state index contributed by atoms with van der Waals surface area (Å²) in [4.78, 5) is 0. The van der Waals surface area contributed by atoms with E-state index >= 15 is 0 Å². The summed E-state index contributed by atoms with van der Waals surface area (Å²) >= 11 is 0. The minimum absolute atomic E-state index is 0.542. The van der Waals surface area contributed by atoms with E-state index in [4.69, 9.17) is 9.47 Å². The fraction of sp³-hybridized carbons (Fsp3) is 0.625. The highest BCUT2D eigenvalue weighted by Gasteiger charge is 2.33. The molecule has 104 valence electrons. The first-order valence-electron chi connectivity index (χ1n) is 7.21. The lowest BCUT2D eigenvalue weighted by molar-refractivity contribution is -0.0431. The van der Waals surface area contributed by atoms with Crippen molar-refractivity contribution in [2.75, 3.05) is 5.32 Å². The molecule has 1 aromatic rings. The lowest BCUT2D eigenvalue weighted by Gasteiger charge is -2.39. The molecule has 3 heteroatoms. The number of fused-ring (bicyclic) bond motifs is 1. The fourth-order valence-corrected chi connectivity index (χ4v) is 2.87. The van der Waals surface area contributed by atoms with Gasteiger partial charge in [0, 0.05) is 31.6 Å². The summed E-state index contributed by atoms with van der Waals surface area (Å²) in [5.74, 6) is 2.82. The van der Waals surface area contributed by atoms with Crippen LogP contribution in [0.25, 0.3) is 0 Å². The molecule has 3 nitrogen and oxygen atoms in total. The van der Waals surface area contributed by atoms with Gasteiger partial charge in [0.25, 0.3) is 0 Å². The Morgan fingerprint density at radius 1 is 1.16 bits per heavy atom. The number of nitrogens with one attached hydrogen (secondary N) is 1. The second-order valence-corrected chi connectivity index (χ2v) is 6.58. The van der Waals surface area contributed by atoms with Crippen molar-refractivity contribution < 1.29 is 9.47 Å². The van der Waals surface area contributed by atoms with E-state index in [1.807, 2.05) is 26.0 Å². The molecule has 1 N–H and O–H groups in total. The van der Waals surface area contributed by atoms with Crippen molar-refractivity contribution >= 4 is 5.69 Å². The minimum atomic E-state index is -0.542. The molecule has 2 aliphatic rings. The topological polar surface area (TPSA) is 30.5 Å². The second kappa shape index (κ2) is 4.32. The molecular weight excluding hydrogens is 238 g/mol. The van der Waals surface area contributed by atoms with E-state index < -0.39 is 5.79 Å². The van der Waals surface area contributed by atoms with Gasteiger partial charge in [-0.3, -0.25) is 0 Å². The fourth-order valence-electron chi connectivity index (χ4n) is 2.87. The van der Waals surface area contributed by atoms with Crippen LogP contribution >= 0.6 is 0 Å². The monoisotopic (exact) mass is 261 g/mol. The smallest absolute Gasteiger partial charge is 0.246 e. The van der Waals surface area contributed by atoms with Crippen molar-refractivity contribution in [3.63, 3.8) is 0 Å². The Hall–Kier alpha value is -1.38. The number of ether oxygens (including phenoxy) is 2. The van der Waals surface area contributed by atoms with E-state index in [9.17, 15) is 0 Å². The van der Waals surface area contributed by atoms with Gasteiger partial charge < -0.3 is 14.8 Å². The van der Waals surface area contributed by atoms with Gasteiger partial charge >= 0.3 is 0 Å². The molecule has 0 unspecified atom stereocenters. The molecule has 1 heterocycles. The number of hydrogen-bond donors (Lipinski definition) is 1. The molecule has 0 radical (unpaired) electrons. The molecule has 1 aromatic carbocycles. The second-order valence-electron chi connectivity index (χ2n) is 6.58. The van der Waals surface area contributed by atoms with Crippen LogP contribution in [0.1, 0.15) is 40.5 Å². The van der Waals surface area contributed by atoms with E-state index in [0.717, 1.165) is 29.0 Å². The van der Waals surface area contributed by atoms with Gasteiger partial charge in [-0.2, -0.15) is 0 Å².